The normalized spacial score (nSPS) is 11.3. The van der Waals surface area contributed by atoms with E-state index in [0.717, 1.165) is 16.9 Å². The van der Waals surface area contributed by atoms with Crippen molar-refractivity contribution in [1.82, 2.24) is 0 Å². The lowest BCUT2D eigenvalue weighted by Crippen LogP contribution is -2.30. The van der Waals surface area contributed by atoms with Crippen molar-refractivity contribution in [2.75, 3.05) is 5.32 Å². The number of alkyl halides is 3. The molecule has 1 aromatic heterocycles. The van der Waals surface area contributed by atoms with Gasteiger partial charge in [0, 0.05) is 10.9 Å². The topological polar surface area (TPSA) is 66.4 Å². The molecule has 0 unspecified atom stereocenters. The van der Waals surface area contributed by atoms with Crippen LogP contribution < -0.4 is 5.32 Å². The van der Waals surface area contributed by atoms with Crippen LogP contribution in [0.5, 0.6) is 0 Å². The number of hydrogen-bond donors (Lipinski definition) is 2. The van der Waals surface area contributed by atoms with Gasteiger partial charge in [0.15, 0.2) is 0 Å². The van der Waals surface area contributed by atoms with Gasteiger partial charge in [-0.15, -0.1) is 11.3 Å². The van der Waals surface area contributed by atoms with Gasteiger partial charge in [0.1, 0.15) is 10.6 Å². The van der Waals surface area contributed by atoms with Gasteiger partial charge in [-0.05, 0) is 12.5 Å². The molecule has 0 atom stereocenters. The summed E-state index contributed by atoms with van der Waals surface area (Å²) in [5.74, 6) is -3.61. The first-order valence-corrected chi connectivity index (χ1v) is 6.88. The van der Waals surface area contributed by atoms with Gasteiger partial charge >= 0.3 is 18.1 Å². The van der Waals surface area contributed by atoms with Crippen LogP contribution in [-0.4, -0.2) is 23.2 Å². The van der Waals surface area contributed by atoms with Crippen LogP contribution in [0.15, 0.2) is 29.6 Å². The smallest absolute Gasteiger partial charge is 0.471 e. The standard InChI is InChI=1S/C14H10F3NO3S/c1-7-2-4-8(5-3-7)9-6-22-11(10(9)12(19)20)18-13(21)14(15,16)17/h2-6H,1H3,(H,18,21)(H,19,20). The van der Waals surface area contributed by atoms with Crippen molar-refractivity contribution in [2.24, 2.45) is 0 Å². The summed E-state index contributed by atoms with van der Waals surface area (Å²) in [4.78, 5) is 22.3. The molecule has 0 radical (unpaired) electrons. The highest BCUT2D eigenvalue weighted by molar-refractivity contribution is 7.15. The Balaban J connectivity index is 2.44. The van der Waals surface area contributed by atoms with Gasteiger partial charge in [-0.3, -0.25) is 4.79 Å². The molecule has 0 fully saturated rings. The first kappa shape index (κ1) is 16.0. The fraction of sp³-hybridized carbons (Fsp3) is 0.143. The Labute approximate surface area is 127 Å². The molecule has 0 aliphatic rings. The molecule has 22 heavy (non-hydrogen) atoms. The van der Waals surface area contributed by atoms with Gasteiger partial charge in [-0.2, -0.15) is 13.2 Å². The van der Waals surface area contributed by atoms with E-state index >= 15 is 0 Å². The van der Waals surface area contributed by atoms with E-state index in [4.69, 9.17) is 0 Å². The molecule has 0 aliphatic carbocycles. The van der Waals surface area contributed by atoms with Gasteiger partial charge in [0.25, 0.3) is 0 Å². The summed E-state index contributed by atoms with van der Waals surface area (Å²) in [6.45, 7) is 1.85. The highest BCUT2D eigenvalue weighted by Gasteiger charge is 2.39. The second-order valence-corrected chi connectivity index (χ2v) is 5.36. The second kappa shape index (κ2) is 5.80. The summed E-state index contributed by atoms with van der Waals surface area (Å²) < 4.78 is 36.9. The molecule has 4 nitrogen and oxygen atoms in total. The number of halogens is 3. The number of hydrogen-bond acceptors (Lipinski definition) is 3. The largest absolute Gasteiger partial charge is 0.478 e. The molecule has 2 aromatic rings. The molecular weight excluding hydrogens is 319 g/mol. The molecule has 2 rings (SSSR count). The molecule has 0 aliphatic heterocycles. The van der Waals surface area contributed by atoms with Crippen LogP contribution in [0.1, 0.15) is 15.9 Å². The van der Waals surface area contributed by atoms with E-state index in [2.05, 4.69) is 0 Å². The molecule has 1 aromatic carbocycles. The summed E-state index contributed by atoms with van der Waals surface area (Å²) >= 11 is 0.735. The number of amides is 1. The van der Waals surface area contributed by atoms with E-state index in [0.29, 0.717) is 5.56 Å². The predicted molar refractivity (Wildman–Crippen MR) is 76.1 cm³/mol. The maximum atomic E-state index is 12.3. The summed E-state index contributed by atoms with van der Waals surface area (Å²) in [5.41, 5.74) is 1.41. The Kier molecular flexibility index (Phi) is 4.23. The average molecular weight is 329 g/mol. The summed E-state index contributed by atoms with van der Waals surface area (Å²) in [5, 5.41) is 11.9. The number of benzene rings is 1. The number of carbonyl (C=O) groups excluding carboxylic acids is 1. The summed E-state index contributed by atoms with van der Waals surface area (Å²) in [6.07, 6.45) is -5.08. The highest BCUT2D eigenvalue weighted by Crippen LogP contribution is 2.36. The lowest BCUT2D eigenvalue weighted by atomic mass is 10.0. The number of rotatable bonds is 3. The van der Waals surface area contributed by atoms with Crippen LogP contribution in [0.4, 0.5) is 18.2 Å². The predicted octanol–water partition coefficient (Wildman–Crippen LogP) is 3.92. The fourth-order valence-corrected chi connectivity index (χ4v) is 2.74. The third-order valence-corrected chi connectivity index (χ3v) is 3.75. The first-order chi connectivity index (χ1) is 10.2. The van der Waals surface area contributed by atoms with E-state index in [9.17, 15) is 27.9 Å². The maximum Gasteiger partial charge on any atom is 0.471 e. The van der Waals surface area contributed by atoms with Crippen molar-refractivity contribution in [3.63, 3.8) is 0 Å². The summed E-state index contributed by atoms with van der Waals surface area (Å²) in [6, 6.07) is 6.84. The Bertz CT molecular complexity index is 720. The van der Waals surface area contributed by atoms with Gasteiger partial charge in [0.2, 0.25) is 0 Å². The minimum Gasteiger partial charge on any atom is -0.478 e. The van der Waals surface area contributed by atoms with Gasteiger partial charge < -0.3 is 10.4 Å². The number of carboxylic acids is 1. The van der Waals surface area contributed by atoms with Crippen LogP contribution >= 0.6 is 11.3 Å². The number of carboxylic acid groups (broad SMARTS) is 1. The second-order valence-electron chi connectivity index (χ2n) is 4.48. The lowest BCUT2D eigenvalue weighted by Gasteiger charge is -2.08. The van der Waals surface area contributed by atoms with E-state index in [1.807, 2.05) is 6.92 Å². The lowest BCUT2D eigenvalue weighted by molar-refractivity contribution is -0.167. The van der Waals surface area contributed by atoms with Crippen LogP contribution in [0, 0.1) is 6.92 Å². The van der Waals surface area contributed by atoms with Crippen molar-refractivity contribution in [1.29, 1.82) is 0 Å². The molecule has 0 saturated carbocycles. The number of anilines is 1. The fourth-order valence-electron chi connectivity index (χ4n) is 1.78. The Hall–Kier alpha value is -2.35. The van der Waals surface area contributed by atoms with Gasteiger partial charge in [0.05, 0.1) is 0 Å². The zero-order chi connectivity index (χ0) is 16.5. The Morgan fingerprint density at radius 1 is 1.18 bits per heavy atom. The minimum atomic E-state index is -5.08. The van der Waals surface area contributed by atoms with E-state index in [1.165, 1.54) is 5.38 Å². The summed E-state index contributed by atoms with van der Waals surface area (Å²) in [7, 11) is 0. The molecule has 116 valence electrons. The highest BCUT2D eigenvalue weighted by atomic mass is 32.1. The van der Waals surface area contributed by atoms with Crippen LogP contribution in [-0.2, 0) is 4.79 Å². The van der Waals surface area contributed by atoms with E-state index in [-0.39, 0.29) is 16.1 Å². The molecule has 2 N–H and O–H groups in total. The van der Waals surface area contributed by atoms with Crippen LogP contribution in [0.2, 0.25) is 0 Å². The van der Waals surface area contributed by atoms with E-state index < -0.39 is 18.1 Å². The molecule has 0 saturated heterocycles. The number of aryl methyl sites for hydroxylation is 1. The van der Waals surface area contributed by atoms with Crippen molar-refractivity contribution in [2.45, 2.75) is 13.1 Å². The molecule has 1 heterocycles. The molecule has 0 spiro atoms. The minimum absolute atomic E-state index is 0.259. The number of thiophene rings is 1. The number of nitrogens with one attached hydrogen (secondary N) is 1. The molecular formula is C14H10F3NO3S. The quantitative estimate of drug-likeness (QED) is 0.897. The van der Waals surface area contributed by atoms with E-state index in [1.54, 1.807) is 29.6 Å². The molecule has 1 amide bonds. The SMILES string of the molecule is Cc1ccc(-c2csc(NC(=O)C(F)(F)F)c2C(=O)O)cc1. The zero-order valence-corrected chi connectivity index (χ0v) is 12.0. The van der Waals surface area contributed by atoms with Crippen molar-refractivity contribution < 1.29 is 27.9 Å². The molecule has 0 bridgehead atoms. The van der Waals surface area contributed by atoms with Crippen molar-refractivity contribution in [3.8, 4) is 11.1 Å². The maximum absolute atomic E-state index is 12.3. The first-order valence-electron chi connectivity index (χ1n) is 6.00. The third-order valence-electron chi connectivity index (χ3n) is 2.85. The number of aromatic carboxylic acids is 1. The van der Waals surface area contributed by atoms with Crippen molar-refractivity contribution in [3.05, 3.63) is 40.8 Å². The Morgan fingerprint density at radius 2 is 1.77 bits per heavy atom. The van der Waals surface area contributed by atoms with Crippen molar-refractivity contribution >= 4 is 28.2 Å². The van der Waals surface area contributed by atoms with Gasteiger partial charge in [-0.1, -0.05) is 29.8 Å². The molecule has 8 heteroatoms. The third kappa shape index (κ3) is 3.28. The van der Waals surface area contributed by atoms with Gasteiger partial charge in [-0.25, -0.2) is 4.79 Å². The zero-order valence-electron chi connectivity index (χ0n) is 11.2. The number of carbonyl (C=O) groups is 2. The average Bonchev–Trinajstić information content (AvgIpc) is 2.82. The Morgan fingerprint density at radius 3 is 2.27 bits per heavy atom. The van der Waals surface area contributed by atoms with Crippen LogP contribution in [0.3, 0.4) is 0 Å². The monoisotopic (exact) mass is 329 g/mol. The van der Waals surface area contributed by atoms with Crippen LogP contribution in [0.25, 0.3) is 11.1 Å².